The zero-order chi connectivity index (χ0) is 42.0. The van der Waals surface area contributed by atoms with Gasteiger partial charge in [0.15, 0.2) is 0 Å². The maximum absolute atomic E-state index is 3.67. The van der Waals surface area contributed by atoms with Crippen molar-refractivity contribution < 1.29 is 24.2 Å². The molecule has 1 atom stereocenters. The fourth-order valence-corrected chi connectivity index (χ4v) is 8.15. The van der Waals surface area contributed by atoms with Gasteiger partial charge in [-0.2, -0.15) is 35.4 Å². The molecule has 4 aromatic carbocycles. The van der Waals surface area contributed by atoms with Gasteiger partial charge in [0.05, 0.1) is 0 Å². The first-order chi connectivity index (χ1) is 25.7. The molecule has 1 heteroatoms. The van der Waals surface area contributed by atoms with E-state index in [0.717, 1.165) is 12.8 Å². The third kappa shape index (κ3) is 11.6. The SMILES string of the molecule is CC(C)(C)c1[c-]c2c(cc1)-c1ccc(C(C)(C)C)cc1C2.CC(C)(C)c1ccc([C](=[Zr+2])c2ccc(C(C)(C)C)cc2)cc1.CCC1=[C-]C(CC)C=C1C(C)(C)C. The molecule has 0 radical (unpaired) electrons. The summed E-state index contributed by atoms with van der Waals surface area (Å²) in [4.78, 5) is 0. The van der Waals surface area contributed by atoms with Crippen LogP contribution in [0.3, 0.4) is 0 Å². The van der Waals surface area contributed by atoms with Crippen molar-refractivity contribution in [2.24, 2.45) is 11.3 Å². The predicted octanol–water partition coefficient (Wildman–Crippen LogP) is 15.2. The van der Waals surface area contributed by atoms with Crippen LogP contribution in [0.2, 0.25) is 0 Å². The molecule has 0 amide bonds. The fourth-order valence-electron chi connectivity index (χ4n) is 7.33. The van der Waals surface area contributed by atoms with Crippen molar-refractivity contribution in [2.45, 2.75) is 159 Å². The van der Waals surface area contributed by atoms with Crippen LogP contribution in [0.4, 0.5) is 0 Å². The van der Waals surface area contributed by atoms with Crippen LogP contribution in [-0.2, 0) is 52.3 Å². The Morgan fingerprint density at radius 2 is 1.04 bits per heavy atom. The molecule has 56 heavy (non-hydrogen) atoms. The van der Waals surface area contributed by atoms with Gasteiger partial charge in [-0.05, 0) is 28.4 Å². The van der Waals surface area contributed by atoms with E-state index in [0.29, 0.717) is 11.3 Å². The molecule has 2 aliphatic carbocycles. The Morgan fingerprint density at radius 1 is 0.571 bits per heavy atom. The zero-order valence-corrected chi connectivity index (χ0v) is 40.7. The molecular formula is C55H72Zr. The van der Waals surface area contributed by atoms with E-state index in [1.165, 1.54) is 101 Å². The van der Waals surface area contributed by atoms with Gasteiger partial charge in [-0.3, -0.25) is 6.08 Å². The fraction of sp³-hybridized carbons (Fsp3) is 0.473. The summed E-state index contributed by atoms with van der Waals surface area (Å²) in [6.07, 6.45) is 9.31. The molecule has 0 N–H and O–H groups in total. The van der Waals surface area contributed by atoms with Crippen LogP contribution >= 0.6 is 0 Å². The maximum atomic E-state index is 3.67. The van der Waals surface area contributed by atoms with Gasteiger partial charge in [0.1, 0.15) is 0 Å². The van der Waals surface area contributed by atoms with Gasteiger partial charge in [0.2, 0.25) is 0 Å². The quantitative estimate of drug-likeness (QED) is 0.158. The van der Waals surface area contributed by atoms with E-state index in [1.54, 1.807) is 0 Å². The summed E-state index contributed by atoms with van der Waals surface area (Å²) in [6, 6.07) is 33.3. The predicted molar refractivity (Wildman–Crippen MR) is 243 cm³/mol. The molecule has 0 saturated heterocycles. The molecule has 0 spiro atoms. The van der Waals surface area contributed by atoms with Gasteiger partial charge < -0.3 is 0 Å². The Labute approximate surface area is 359 Å². The molecule has 0 nitrogen and oxygen atoms in total. The van der Waals surface area contributed by atoms with Crippen molar-refractivity contribution in [2.75, 3.05) is 0 Å². The van der Waals surface area contributed by atoms with Crippen LogP contribution in [0.5, 0.6) is 0 Å². The standard InChI is InChI=1S/C21H25.C21H26.C13H21.Zr/c1-20(2,3)16-7-9-18-14(12-16)11-15-13-17(21(4,5)6)8-10-19(15)18;1-20(2,3)18-11-7-16(8-12-18)15-17-9-13-19(14-10-17)21(4,5)6;1-6-10-8-11(7-2)12(9-10)13(3,4)5;/h7-10,12H,11H2,1-6H3;7-14H,1-6H3;9-10H,6-7H2,1-5H3;/q-1;;-1;+2. The van der Waals surface area contributed by atoms with Crippen LogP contribution in [0, 0.1) is 23.5 Å². The number of benzene rings is 4. The summed E-state index contributed by atoms with van der Waals surface area (Å²) in [5.41, 5.74) is 17.9. The van der Waals surface area contributed by atoms with Gasteiger partial charge >= 0.3 is 151 Å². The van der Waals surface area contributed by atoms with Gasteiger partial charge in [-0.1, -0.05) is 124 Å². The third-order valence-electron chi connectivity index (χ3n) is 11.2. The molecule has 4 aromatic rings. The van der Waals surface area contributed by atoms with Gasteiger partial charge in [-0.25, -0.2) is 5.57 Å². The Bertz CT molecular complexity index is 1910. The zero-order valence-electron chi connectivity index (χ0n) is 38.3. The first kappa shape index (κ1) is 45.8. The van der Waals surface area contributed by atoms with Crippen LogP contribution in [0.15, 0.2) is 96.1 Å². The molecule has 0 bridgehead atoms. The first-order valence-electron chi connectivity index (χ1n) is 21.1. The van der Waals surface area contributed by atoms with Crippen LogP contribution in [0.1, 0.15) is 175 Å². The van der Waals surface area contributed by atoms with Crippen molar-refractivity contribution in [3.8, 4) is 11.1 Å². The topological polar surface area (TPSA) is 0 Å². The molecule has 2 aliphatic rings. The number of hydrogen-bond acceptors (Lipinski definition) is 0. The Kier molecular flexibility index (Phi) is 14.3. The normalized spacial score (nSPS) is 15.4. The first-order valence-corrected chi connectivity index (χ1v) is 22.3. The van der Waals surface area contributed by atoms with E-state index < -0.39 is 0 Å². The van der Waals surface area contributed by atoms with Crippen molar-refractivity contribution in [3.63, 3.8) is 0 Å². The smallest absolute Gasteiger partial charge is 0.0640 e. The second-order valence-corrected chi connectivity index (χ2v) is 22.4. The molecular weight excluding hydrogens is 752 g/mol. The van der Waals surface area contributed by atoms with Crippen LogP contribution in [-0.4, -0.2) is 3.21 Å². The largest absolute Gasteiger partial charge is 0.266 e. The van der Waals surface area contributed by atoms with E-state index in [1.807, 2.05) is 0 Å². The average Bonchev–Trinajstić information content (AvgIpc) is 3.72. The van der Waals surface area contributed by atoms with E-state index in [9.17, 15) is 0 Å². The summed E-state index contributed by atoms with van der Waals surface area (Å²) in [7, 11) is 0. The molecule has 0 heterocycles. The van der Waals surface area contributed by atoms with Crippen molar-refractivity contribution in [1.82, 2.24) is 0 Å². The minimum absolute atomic E-state index is 0.167. The van der Waals surface area contributed by atoms with Gasteiger partial charge in [0.25, 0.3) is 0 Å². The Morgan fingerprint density at radius 3 is 1.43 bits per heavy atom. The van der Waals surface area contributed by atoms with Crippen molar-refractivity contribution in [1.29, 1.82) is 0 Å². The van der Waals surface area contributed by atoms with Crippen LogP contribution in [0.25, 0.3) is 11.1 Å². The van der Waals surface area contributed by atoms with Gasteiger partial charge in [-0.15, -0.1) is 11.1 Å². The molecule has 1 unspecified atom stereocenters. The summed E-state index contributed by atoms with van der Waals surface area (Å²) < 4.78 is 1.42. The third-order valence-corrected chi connectivity index (χ3v) is 12.6. The number of fused-ring (bicyclic) bond motifs is 3. The average molecular weight is 824 g/mol. The molecule has 6 rings (SSSR count). The van der Waals surface area contributed by atoms with E-state index >= 15 is 0 Å². The number of hydrogen-bond donors (Lipinski definition) is 0. The minimum atomic E-state index is 0.167. The number of rotatable bonds is 4. The monoisotopic (exact) mass is 822 g/mol. The number of allylic oxidation sites excluding steroid dienone is 4. The summed E-state index contributed by atoms with van der Waals surface area (Å²) in [5.74, 6) is 0.573. The Hall–Kier alpha value is -2.89. The van der Waals surface area contributed by atoms with Crippen LogP contribution < -0.4 is 0 Å². The molecule has 296 valence electrons. The van der Waals surface area contributed by atoms with E-state index in [4.69, 9.17) is 0 Å². The molecule has 0 saturated carbocycles. The minimum Gasteiger partial charge on any atom is -0.266 e. The second-order valence-electron chi connectivity index (χ2n) is 21.2. The summed E-state index contributed by atoms with van der Waals surface area (Å²) in [5, 5.41) is 0. The second kappa shape index (κ2) is 17.5. The summed E-state index contributed by atoms with van der Waals surface area (Å²) >= 11 is 1.46. The van der Waals surface area contributed by atoms with Crippen molar-refractivity contribution >= 4 is 3.21 Å². The molecule has 0 aliphatic heterocycles. The molecule has 0 aromatic heterocycles. The maximum Gasteiger partial charge on any atom is -0.0640 e. The van der Waals surface area contributed by atoms with Crippen molar-refractivity contribution in [3.05, 3.63) is 153 Å². The van der Waals surface area contributed by atoms with E-state index in [-0.39, 0.29) is 21.7 Å². The van der Waals surface area contributed by atoms with Gasteiger partial charge in [0, 0.05) is 0 Å². The molecule has 0 fully saturated rings. The van der Waals surface area contributed by atoms with E-state index in [2.05, 4.69) is 215 Å². The Balaban J connectivity index is 0.000000193. The summed E-state index contributed by atoms with van der Waals surface area (Å²) in [6.45, 7) is 38.5.